The molecule has 1 aliphatic rings. The summed E-state index contributed by atoms with van der Waals surface area (Å²) in [6.07, 6.45) is 2.67. The molecule has 1 atom stereocenters. The highest BCUT2D eigenvalue weighted by atomic mass is 16.7. The number of carbonyl (C=O) groups is 1. The van der Waals surface area contributed by atoms with Crippen molar-refractivity contribution in [1.29, 1.82) is 0 Å². The van der Waals surface area contributed by atoms with Crippen LogP contribution in [-0.2, 0) is 33.9 Å². The first-order chi connectivity index (χ1) is 16.2. The van der Waals surface area contributed by atoms with Gasteiger partial charge in [-0.3, -0.25) is 0 Å². The van der Waals surface area contributed by atoms with Crippen molar-refractivity contribution >= 4 is 16.9 Å². The fourth-order valence-electron chi connectivity index (χ4n) is 4.84. The van der Waals surface area contributed by atoms with Crippen molar-refractivity contribution in [3.8, 4) is 5.75 Å². The molecule has 0 saturated heterocycles. The molecule has 6 heteroatoms. The van der Waals surface area contributed by atoms with Gasteiger partial charge in [-0.1, -0.05) is 36.4 Å². The summed E-state index contributed by atoms with van der Waals surface area (Å²) in [6, 6.07) is 16.3. The fraction of sp³-hybridized carbons (Fsp3) is 0.444. The van der Waals surface area contributed by atoms with Gasteiger partial charge < -0.3 is 18.9 Å². The molecular formula is C27H34N2O4. The number of rotatable bonds is 10. The molecular weight excluding hydrogens is 416 g/mol. The Labute approximate surface area is 196 Å². The van der Waals surface area contributed by atoms with Crippen LogP contribution in [0.25, 0.3) is 10.9 Å². The zero-order valence-corrected chi connectivity index (χ0v) is 19.9. The minimum Gasteiger partial charge on any atom is -0.496 e. The van der Waals surface area contributed by atoms with Crippen molar-refractivity contribution in [2.24, 2.45) is 0 Å². The fourth-order valence-corrected chi connectivity index (χ4v) is 4.84. The second-order valence-electron chi connectivity index (χ2n) is 8.37. The number of methoxy groups -OCH3 is 1. The van der Waals surface area contributed by atoms with Crippen molar-refractivity contribution in [1.82, 2.24) is 9.63 Å². The number of hydroxylamine groups is 2. The van der Waals surface area contributed by atoms with Crippen molar-refractivity contribution in [2.45, 2.75) is 52.2 Å². The van der Waals surface area contributed by atoms with Gasteiger partial charge in [0.1, 0.15) is 5.75 Å². The van der Waals surface area contributed by atoms with E-state index in [0.717, 1.165) is 53.6 Å². The van der Waals surface area contributed by atoms with Crippen LogP contribution in [0.1, 0.15) is 49.4 Å². The van der Waals surface area contributed by atoms with Gasteiger partial charge in [0.2, 0.25) is 0 Å². The Bertz CT molecular complexity index is 1070. The van der Waals surface area contributed by atoms with E-state index in [9.17, 15) is 4.79 Å². The predicted molar refractivity (Wildman–Crippen MR) is 129 cm³/mol. The highest BCUT2D eigenvalue weighted by Crippen LogP contribution is 2.43. The molecule has 0 amide bonds. The van der Waals surface area contributed by atoms with Gasteiger partial charge in [-0.15, -0.1) is 5.06 Å². The van der Waals surface area contributed by atoms with Crippen LogP contribution >= 0.6 is 0 Å². The topological polar surface area (TPSA) is 52.9 Å². The van der Waals surface area contributed by atoms with Gasteiger partial charge in [0.15, 0.2) is 0 Å². The lowest BCUT2D eigenvalue weighted by atomic mass is 9.85. The van der Waals surface area contributed by atoms with Crippen molar-refractivity contribution in [2.75, 3.05) is 26.8 Å². The summed E-state index contributed by atoms with van der Waals surface area (Å²) >= 11 is 0. The van der Waals surface area contributed by atoms with E-state index in [2.05, 4.69) is 22.8 Å². The first kappa shape index (κ1) is 23.3. The summed E-state index contributed by atoms with van der Waals surface area (Å²) < 4.78 is 14.0. The van der Waals surface area contributed by atoms with Gasteiger partial charge in [0.25, 0.3) is 0 Å². The smallest absolute Gasteiger partial charge is 0.332 e. The lowest BCUT2D eigenvalue weighted by molar-refractivity contribution is -0.191. The summed E-state index contributed by atoms with van der Waals surface area (Å²) in [6.45, 7) is 7.24. The lowest BCUT2D eigenvalue weighted by Crippen LogP contribution is -2.31. The molecule has 0 aliphatic heterocycles. The highest BCUT2D eigenvalue weighted by molar-refractivity contribution is 5.96. The molecule has 4 rings (SSSR count). The molecule has 176 valence electrons. The summed E-state index contributed by atoms with van der Waals surface area (Å²) in [5, 5.41) is 2.74. The Kier molecular flexibility index (Phi) is 7.68. The zero-order valence-electron chi connectivity index (χ0n) is 19.9. The number of benzene rings is 2. The van der Waals surface area contributed by atoms with E-state index in [1.165, 1.54) is 5.69 Å². The minimum absolute atomic E-state index is 0.176. The van der Waals surface area contributed by atoms with Crippen molar-refractivity contribution < 1.29 is 19.1 Å². The second kappa shape index (κ2) is 10.9. The van der Waals surface area contributed by atoms with Crippen LogP contribution in [0.2, 0.25) is 0 Å². The maximum atomic E-state index is 13.2. The van der Waals surface area contributed by atoms with E-state index < -0.39 is 0 Å². The van der Waals surface area contributed by atoms with Crippen LogP contribution < -0.4 is 4.74 Å². The van der Waals surface area contributed by atoms with Gasteiger partial charge in [-0.25, -0.2) is 4.79 Å². The quantitative estimate of drug-likeness (QED) is 0.318. The largest absolute Gasteiger partial charge is 0.496 e. The Morgan fingerprint density at radius 1 is 1.09 bits per heavy atom. The highest BCUT2D eigenvalue weighted by Gasteiger charge is 2.35. The van der Waals surface area contributed by atoms with Gasteiger partial charge in [-0.05, 0) is 56.4 Å². The summed E-state index contributed by atoms with van der Waals surface area (Å²) in [7, 11) is 1.69. The molecule has 1 aliphatic carbocycles. The molecule has 6 nitrogen and oxygen atoms in total. The van der Waals surface area contributed by atoms with E-state index in [0.29, 0.717) is 26.3 Å². The van der Waals surface area contributed by atoms with Crippen LogP contribution in [0.5, 0.6) is 5.75 Å². The average molecular weight is 451 g/mol. The van der Waals surface area contributed by atoms with Gasteiger partial charge in [-0.2, -0.15) is 0 Å². The molecule has 0 fully saturated rings. The number of hydrogen-bond donors (Lipinski definition) is 0. The van der Waals surface area contributed by atoms with Crippen molar-refractivity contribution in [3.63, 3.8) is 0 Å². The Balaban J connectivity index is 1.64. The molecule has 33 heavy (non-hydrogen) atoms. The molecule has 0 N–H and O–H groups in total. The Morgan fingerprint density at radius 2 is 1.88 bits per heavy atom. The monoisotopic (exact) mass is 450 g/mol. The number of aromatic nitrogens is 1. The molecule has 0 saturated carbocycles. The summed E-state index contributed by atoms with van der Waals surface area (Å²) in [4.78, 5) is 19.0. The van der Waals surface area contributed by atoms with Crippen LogP contribution in [0.15, 0.2) is 48.5 Å². The normalized spacial score (nSPS) is 15.6. The number of fused-ring (bicyclic) bond motifs is 3. The Hall–Kier alpha value is -2.83. The molecule has 2 aromatic carbocycles. The van der Waals surface area contributed by atoms with Crippen LogP contribution in [0.4, 0.5) is 0 Å². The first-order valence-corrected chi connectivity index (χ1v) is 11.9. The molecule has 0 radical (unpaired) electrons. The second-order valence-corrected chi connectivity index (χ2v) is 8.37. The third kappa shape index (κ3) is 4.92. The number of nitrogens with zero attached hydrogens (tertiary/aromatic N) is 2. The van der Waals surface area contributed by atoms with Gasteiger partial charge in [0.05, 0.1) is 31.8 Å². The number of ether oxygens (including phenoxy) is 2. The first-order valence-electron chi connectivity index (χ1n) is 11.9. The van der Waals surface area contributed by atoms with Crippen molar-refractivity contribution in [3.05, 3.63) is 65.4 Å². The van der Waals surface area contributed by atoms with Crippen LogP contribution in [-0.4, -0.2) is 42.4 Å². The third-order valence-electron chi connectivity index (χ3n) is 6.46. The molecule has 1 unspecified atom stereocenters. The van der Waals surface area contributed by atoms with Gasteiger partial charge >= 0.3 is 5.97 Å². The number of carbonyl (C=O) groups excluding carboxylic acids is 1. The van der Waals surface area contributed by atoms with Crippen LogP contribution in [0, 0.1) is 0 Å². The maximum Gasteiger partial charge on any atom is 0.332 e. The molecule has 0 bridgehead atoms. The molecule has 1 aromatic heterocycles. The predicted octanol–water partition coefficient (Wildman–Crippen LogP) is 5.09. The molecule has 0 spiro atoms. The van der Waals surface area contributed by atoms with E-state index in [-0.39, 0.29) is 11.9 Å². The minimum atomic E-state index is -0.292. The lowest BCUT2D eigenvalue weighted by Gasteiger charge is -2.26. The van der Waals surface area contributed by atoms with E-state index in [1.807, 2.05) is 44.2 Å². The Morgan fingerprint density at radius 3 is 2.61 bits per heavy atom. The zero-order chi connectivity index (χ0) is 23.2. The van der Waals surface area contributed by atoms with E-state index >= 15 is 0 Å². The number of hydrogen-bond acceptors (Lipinski definition) is 5. The average Bonchev–Trinajstić information content (AvgIpc) is 3.19. The maximum absolute atomic E-state index is 13.2. The summed E-state index contributed by atoms with van der Waals surface area (Å²) in [5.41, 5.74) is 4.52. The SMILES string of the molecule is CCN(CC)OC(=O)C1CCCc2c1c1c(OC)cccc1n2CCOCc1ccccc1. The van der Waals surface area contributed by atoms with E-state index in [1.54, 1.807) is 12.2 Å². The third-order valence-corrected chi connectivity index (χ3v) is 6.46. The van der Waals surface area contributed by atoms with Crippen LogP contribution in [0.3, 0.4) is 0 Å². The van der Waals surface area contributed by atoms with Gasteiger partial charge in [0, 0.05) is 30.7 Å². The summed E-state index contributed by atoms with van der Waals surface area (Å²) in [5.74, 6) is 0.333. The molecule has 3 aromatic rings. The standard InChI is InChI=1S/C27H34N2O4/c1-4-28(5-2)33-27(30)21-13-9-14-22-25(21)26-23(15-10-16-24(26)31-3)29(22)17-18-32-19-20-11-7-6-8-12-20/h6-8,10-12,15-16,21H,4-5,9,13-14,17-19H2,1-3H3. The van der Waals surface area contributed by atoms with E-state index in [4.69, 9.17) is 14.3 Å². The molecule has 1 heterocycles.